The van der Waals surface area contributed by atoms with Crippen LogP contribution in [0.15, 0.2) is 31.9 Å². The molecule has 0 radical (unpaired) electrons. The number of amides is 1. The molecule has 0 bridgehead atoms. The number of benzene rings is 1. The zero-order valence-corrected chi connectivity index (χ0v) is 14.9. The highest BCUT2D eigenvalue weighted by molar-refractivity contribution is 9.10. The van der Waals surface area contributed by atoms with E-state index in [4.69, 9.17) is 9.15 Å². The first-order chi connectivity index (χ1) is 11.1. The lowest BCUT2D eigenvalue weighted by Gasteiger charge is -2.19. The van der Waals surface area contributed by atoms with Crippen molar-refractivity contribution in [1.29, 1.82) is 0 Å². The number of halogens is 1. The van der Waals surface area contributed by atoms with Gasteiger partial charge in [0.2, 0.25) is 0 Å². The minimum absolute atomic E-state index is 0.128. The van der Waals surface area contributed by atoms with E-state index in [2.05, 4.69) is 21.2 Å². The molecule has 2 N–H and O–H groups in total. The summed E-state index contributed by atoms with van der Waals surface area (Å²) in [5.74, 6) is -2.10. The summed E-state index contributed by atoms with van der Waals surface area (Å²) in [6, 6.07) is 4.75. The summed E-state index contributed by atoms with van der Waals surface area (Å²) in [5, 5.41) is 12.7. The van der Waals surface area contributed by atoms with Gasteiger partial charge in [0, 0.05) is 0 Å². The predicted octanol–water partition coefficient (Wildman–Crippen LogP) is 2.33. The van der Waals surface area contributed by atoms with Gasteiger partial charge in [-0.15, -0.1) is 0 Å². The second kappa shape index (κ2) is 6.64. The number of hydrogen-bond acceptors (Lipinski definition) is 6. The van der Waals surface area contributed by atoms with Gasteiger partial charge in [-0.05, 0) is 48.8 Å². The summed E-state index contributed by atoms with van der Waals surface area (Å²) in [5.41, 5.74) is -2.14. The van der Waals surface area contributed by atoms with E-state index < -0.39 is 41.0 Å². The van der Waals surface area contributed by atoms with E-state index in [0.717, 1.165) is 0 Å². The molecule has 1 aromatic heterocycles. The minimum atomic E-state index is -1.01. The van der Waals surface area contributed by atoms with Crippen molar-refractivity contribution in [3.63, 3.8) is 0 Å². The van der Waals surface area contributed by atoms with Crippen LogP contribution in [0.1, 0.15) is 31.1 Å². The van der Waals surface area contributed by atoms with Gasteiger partial charge >= 0.3 is 11.6 Å². The Kier molecular flexibility index (Phi) is 4.98. The van der Waals surface area contributed by atoms with Gasteiger partial charge in [0.1, 0.15) is 17.9 Å². The smallest absolute Gasteiger partial charge is 0.353 e. The van der Waals surface area contributed by atoms with Crippen molar-refractivity contribution in [3.05, 3.63) is 38.7 Å². The van der Waals surface area contributed by atoms with E-state index in [0.29, 0.717) is 4.47 Å². The second-order valence-electron chi connectivity index (χ2n) is 6.00. The molecule has 0 aliphatic carbocycles. The number of nitrogens with one attached hydrogen (secondary N) is 1. The first-order valence-electron chi connectivity index (χ1n) is 7.04. The van der Waals surface area contributed by atoms with E-state index in [-0.39, 0.29) is 11.0 Å². The molecule has 0 saturated heterocycles. The Bertz CT molecular complexity index is 865. The van der Waals surface area contributed by atoms with Gasteiger partial charge in [-0.1, -0.05) is 6.07 Å². The lowest BCUT2D eigenvalue weighted by molar-refractivity contribution is -0.153. The molecule has 0 aliphatic rings. The van der Waals surface area contributed by atoms with Crippen LogP contribution in [0.25, 0.3) is 11.0 Å². The molecule has 1 heterocycles. The Balaban J connectivity index is 2.27. The van der Waals surface area contributed by atoms with Crippen LogP contribution >= 0.6 is 15.9 Å². The average Bonchev–Trinajstić information content (AvgIpc) is 2.45. The molecule has 0 fully saturated rings. The molecule has 0 spiro atoms. The van der Waals surface area contributed by atoms with Crippen molar-refractivity contribution in [2.45, 2.75) is 26.4 Å². The molecular formula is C16H16BrNO6. The fourth-order valence-electron chi connectivity index (χ4n) is 1.99. The third-order valence-electron chi connectivity index (χ3n) is 2.90. The third-order valence-corrected chi connectivity index (χ3v) is 3.52. The van der Waals surface area contributed by atoms with Crippen molar-refractivity contribution >= 4 is 38.8 Å². The number of aromatic hydroxyl groups is 1. The molecule has 1 aromatic carbocycles. The van der Waals surface area contributed by atoms with Crippen molar-refractivity contribution in [3.8, 4) is 5.75 Å². The molecule has 1 amide bonds. The quantitative estimate of drug-likeness (QED) is 0.607. The highest BCUT2D eigenvalue weighted by Gasteiger charge is 2.23. The predicted molar refractivity (Wildman–Crippen MR) is 90.0 cm³/mol. The van der Waals surface area contributed by atoms with Gasteiger partial charge in [-0.3, -0.25) is 9.59 Å². The summed E-state index contributed by atoms with van der Waals surface area (Å²) >= 11 is 3.20. The van der Waals surface area contributed by atoms with Gasteiger partial charge in [0.25, 0.3) is 5.91 Å². The number of para-hydroxylation sites is 1. The molecule has 2 rings (SSSR count). The molecule has 2 aromatic rings. The normalized spacial score (nSPS) is 11.3. The number of fused-ring (bicyclic) bond motifs is 1. The molecule has 0 unspecified atom stereocenters. The fraction of sp³-hybridized carbons (Fsp3) is 0.312. The van der Waals surface area contributed by atoms with Crippen molar-refractivity contribution in [1.82, 2.24) is 5.32 Å². The maximum Gasteiger partial charge on any atom is 0.353 e. The summed E-state index contributed by atoms with van der Waals surface area (Å²) in [6.45, 7) is 4.63. The van der Waals surface area contributed by atoms with Gasteiger partial charge < -0.3 is 19.6 Å². The van der Waals surface area contributed by atoms with Crippen LogP contribution in [-0.4, -0.2) is 29.1 Å². The Hall–Kier alpha value is -2.35. The van der Waals surface area contributed by atoms with Crippen LogP contribution in [-0.2, 0) is 9.53 Å². The standard InChI is InChI=1S/C16H16BrNO6/c1-16(2,3)24-10(19)7-18-14(21)11-12(20)8-5-4-6-9(17)13(8)23-15(11)22/h4-6,20H,7H2,1-3H3,(H,18,21). The number of esters is 1. The lowest BCUT2D eigenvalue weighted by atomic mass is 10.1. The Morgan fingerprint density at radius 2 is 2.00 bits per heavy atom. The van der Waals surface area contributed by atoms with Crippen molar-refractivity contribution < 1.29 is 23.8 Å². The molecule has 8 heteroatoms. The molecule has 0 atom stereocenters. The summed E-state index contributed by atoms with van der Waals surface area (Å²) in [7, 11) is 0. The Morgan fingerprint density at radius 3 is 2.62 bits per heavy atom. The molecule has 128 valence electrons. The van der Waals surface area contributed by atoms with Gasteiger partial charge in [0.05, 0.1) is 9.86 Å². The molecular weight excluding hydrogens is 382 g/mol. The summed E-state index contributed by atoms with van der Waals surface area (Å²) in [4.78, 5) is 35.7. The highest BCUT2D eigenvalue weighted by atomic mass is 79.9. The van der Waals surface area contributed by atoms with Crippen molar-refractivity contribution in [2.24, 2.45) is 0 Å². The summed E-state index contributed by atoms with van der Waals surface area (Å²) < 4.78 is 10.6. The minimum Gasteiger partial charge on any atom is -0.506 e. The summed E-state index contributed by atoms with van der Waals surface area (Å²) in [6.07, 6.45) is 0. The van der Waals surface area contributed by atoms with Gasteiger partial charge in [0.15, 0.2) is 11.1 Å². The number of ether oxygens (including phenoxy) is 1. The van der Waals surface area contributed by atoms with Crippen LogP contribution in [0.5, 0.6) is 5.75 Å². The number of hydrogen-bond donors (Lipinski definition) is 2. The molecule has 24 heavy (non-hydrogen) atoms. The van der Waals surface area contributed by atoms with E-state index in [1.165, 1.54) is 6.07 Å². The van der Waals surface area contributed by atoms with Crippen LogP contribution in [0, 0.1) is 0 Å². The van der Waals surface area contributed by atoms with Crippen LogP contribution in [0.4, 0.5) is 0 Å². The first kappa shape index (κ1) is 18.0. The van der Waals surface area contributed by atoms with E-state index in [1.54, 1.807) is 32.9 Å². The fourth-order valence-corrected chi connectivity index (χ4v) is 2.44. The van der Waals surface area contributed by atoms with Crippen LogP contribution in [0.3, 0.4) is 0 Å². The van der Waals surface area contributed by atoms with E-state index >= 15 is 0 Å². The topological polar surface area (TPSA) is 106 Å². The van der Waals surface area contributed by atoms with E-state index in [1.807, 2.05) is 0 Å². The number of carbonyl (C=O) groups is 2. The Labute approximate surface area is 145 Å². The number of rotatable bonds is 3. The average molecular weight is 398 g/mol. The van der Waals surface area contributed by atoms with Crippen LogP contribution in [0.2, 0.25) is 0 Å². The zero-order valence-electron chi connectivity index (χ0n) is 13.3. The maximum atomic E-state index is 12.1. The third kappa shape index (κ3) is 3.94. The van der Waals surface area contributed by atoms with Gasteiger partial charge in [-0.25, -0.2) is 4.79 Å². The monoisotopic (exact) mass is 397 g/mol. The van der Waals surface area contributed by atoms with Crippen LogP contribution < -0.4 is 10.9 Å². The van der Waals surface area contributed by atoms with Gasteiger partial charge in [-0.2, -0.15) is 0 Å². The van der Waals surface area contributed by atoms with E-state index in [9.17, 15) is 19.5 Å². The molecule has 0 aliphatic heterocycles. The number of carbonyl (C=O) groups excluding carboxylic acids is 2. The van der Waals surface area contributed by atoms with Crippen molar-refractivity contribution in [2.75, 3.05) is 6.54 Å². The highest BCUT2D eigenvalue weighted by Crippen LogP contribution is 2.30. The second-order valence-corrected chi connectivity index (χ2v) is 6.85. The molecule has 7 nitrogen and oxygen atoms in total. The zero-order chi connectivity index (χ0) is 18.1. The maximum absolute atomic E-state index is 12.1. The lowest BCUT2D eigenvalue weighted by Crippen LogP contribution is -2.36. The molecule has 0 saturated carbocycles. The SMILES string of the molecule is CC(C)(C)OC(=O)CNC(=O)c1c(O)c2cccc(Br)c2oc1=O. The first-order valence-corrected chi connectivity index (χ1v) is 7.84. The Morgan fingerprint density at radius 1 is 1.33 bits per heavy atom. The largest absolute Gasteiger partial charge is 0.506 e.